The summed E-state index contributed by atoms with van der Waals surface area (Å²) in [7, 11) is 0. The molecule has 0 bridgehead atoms. The Labute approximate surface area is 263 Å². The van der Waals surface area contributed by atoms with Crippen LogP contribution in [0.1, 0.15) is 42.0 Å². The van der Waals surface area contributed by atoms with Crippen LogP contribution in [0.3, 0.4) is 0 Å². The van der Waals surface area contributed by atoms with Crippen molar-refractivity contribution in [2.45, 2.75) is 32.1 Å². The van der Waals surface area contributed by atoms with Crippen molar-refractivity contribution in [3.05, 3.63) is 151 Å². The molecule has 45 heavy (non-hydrogen) atoms. The summed E-state index contributed by atoms with van der Waals surface area (Å²) in [6.45, 7) is 2.24. The fourth-order valence-electron chi connectivity index (χ4n) is 7.95. The number of nitrogens with zero attached hydrogens (tertiary/aromatic N) is 2. The summed E-state index contributed by atoms with van der Waals surface area (Å²) in [5, 5.41) is 5.39. The van der Waals surface area contributed by atoms with E-state index >= 15 is 0 Å². The average molecular weight is 577 g/mol. The van der Waals surface area contributed by atoms with Gasteiger partial charge in [-0.15, -0.1) is 0 Å². The fourth-order valence-corrected chi connectivity index (χ4v) is 7.95. The molecule has 1 unspecified atom stereocenters. The Kier molecular flexibility index (Phi) is 6.02. The van der Waals surface area contributed by atoms with Crippen molar-refractivity contribution in [2.24, 2.45) is 0 Å². The molecule has 2 heterocycles. The van der Waals surface area contributed by atoms with E-state index in [1.807, 2.05) is 24.5 Å². The zero-order chi connectivity index (χ0) is 29.9. The molecule has 0 aliphatic heterocycles. The highest BCUT2D eigenvalue weighted by atomic mass is 14.7. The molecule has 0 saturated carbocycles. The van der Waals surface area contributed by atoms with Crippen LogP contribution in [0.15, 0.2) is 134 Å². The van der Waals surface area contributed by atoms with Crippen LogP contribution in [0.2, 0.25) is 0 Å². The molecule has 1 atom stereocenters. The van der Waals surface area contributed by atoms with Gasteiger partial charge in [0.15, 0.2) is 0 Å². The molecule has 0 fully saturated rings. The molecule has 2 aliphatic rings. The Morgan fingerprint density at radius 2 is 1.29 bits per heavy atom. The molecule has 2 aliphatic carbocycles. The van der Waals surface area contributed by atoms with Gasteiger partial charge in [0.2, 0.25) is 0 Å². The number of rotatable bonds is 4. The average Bonchev–Trinajstić information content (AvgIpc) is 3.44. The molecular formula is C43H32N2. The van der Waals surface area contributed by atoms with E-state index in [1.54, 1.807) is 0 Å². The summed E-state index contributed by atoms with van der Waals surface area (Å²) < 4.78 is 0. The largest absolute Gasteiger partial charge is 0.257 e. The van der Waals surface area contributed by atoms with Crippen molar-refractivity contribution in [2.75, 3.05) is 0 Å². The second-order valence-corrected chi connectivity index (χ2v) is 12.4. The number of fused-ring (bicyclic) bond motifs is 4. The molecule has 0 amide bonds. The molecule has 2 aromatic heterocycles. The van der Waals surface area contributed by atoms with Crippen molar-refractivity contribution >= 4 is 27.1 Å². The predicted octanol–water partition coefficient (Wildman–Crippen LogP) is 11.4. The van der Waals surface area contributed by atoms with E-state index in [0.29, 0.717) is 5.92 Å². The Morgan fingerprint density at radius 1 is 0.578 bits per heavy atom. The first-order valence-corrected chi connectivity index (χ1v) is 16.0. The van der Waals surface area contributed by atoms with E-state index in [4.69, 9.17) is 4.98 Å². The molecule has 0 radical (unpaired) electrons. The summed E-state index contributed by atoms with van der Waals surface area (Å²) in [5.74, 6) is 0.300. The standard InChI is InChI=1S/C43H32N2/c1-27-21-22-36-41-32(27)17-10-18-35(41)42-39(30-13-8-11-28(25-30)37-19-4-6-23-44-37)33-15-2-3-16-34(33)40(43(36)42)31-14-9-12-29(26-31)38-20-5-7-24-45-38/h2-7,9-10,12,14-26,30H,8,11,13H2,1H3. The lowest BCUT2D eigenvalue weighted by atomic mass is 9.76. The lowest BCUT2D eigenvalue weighted by molar-refractivity contribution is 0.667. The topological polar surface area (TPSA) is 25.8 Å². The first-order chi connectivity index (χ1) is 22.3. The van der Waals surface area contributed by atoms with E-state index in [9.17, 15) is 0 Å². The molecule has 5 aromatic carbocycles. The third-order valence-electron chi connectivity index (χ3n) is 9.89. The SMILES string of the molecule is Cc1ccc2c3c(cccc13)-c1c-2c(-c2cccc(-c3ccccn3)c2)c2ccccc2c1C1C=C(c2ccccn2)CCC1. The molecular weight excluding hydrogens is 544 g/mol. The second-order valence-electron chi connectivity index (χ2n) is 12.4. The Hall–Kier alpha value is -5.34. The van der Waals surface area contributed by atoms with Crippen LogP contribution in [0.5, 0.6) is 0 Å². The van der Waals surface area contributed by atoms with E-state index in [2.05, 4.69) is 121 Å². The Morgan fingerprint density at radius 3 is 2.11 bits per heavy atom. The zero-order valence-electron chi connectivity index (χ0n) is 25.3. The molecule has 214 valence electrons. The number of hydrogen-bond acceptors (Lipinski definition) is 2. The van der Waals surface area contributed by atoms with Gasteiger partial charge < -0.3 is 0 Å². The van der Waals surface area contributed by atoms with E-state index in [1.165, 1.54) is 71.6 Å². The van der Waals surface area contributed by atoms with Crippen molar-refractivity contribution in [3.8, 4) is 44.6 Å². The maximum absolute atomic E-state index is 4.75. The number of hydrogen-bond donors (Lipinski definition) is 0. The third-order valence-corrected chi connectivity index (χ3v) is 9.89. The second kappa shape index (κ2) is 10.4. The van der Waals surface area contributed by atoms with Crippen molar-refractivity contribution in [1.29, 1.82) is 0 Å². The van der Waals surface area contributed by atoms with E-state index < -0.39 is 0 Å². The number of aromatic nitrogens is 2. The van der Waals surface area contributed by atoms with Gasteiger partial charge in [0, 0.05) is 23.9 Å². The highest BCUT2D eigenvalue weighted by Crippen LogP contribution is 2.58. The van der Waals surface area contributed by atoms with Gasteiger partial charge in [-0.3, -0.25) is 9.97 Å². The Balaban J connectivity index is 1.39. The first kappa shape index (κ1) is 26.1. The number of aryl methyl sites for hydroxylation is 1. The number of allylic oxidation sites excluding steroid dienone is 2. The monoisotopic (exact) mass is 576 g/mol. The summed E-state index contributed by atoms with van der Waals surface area (Å²) in [4.78, 5) is 9.44. The van der Waals surface area contributed by atoms with Gasteiger partial charge >= 0.3 is 0 Å². The fraction of sp³-hybridized carbons (Fsp3) is 0.116. The van der Waals surface area contributed by atoms with Crippen LogP contribution in [-0.4, -0.2) is 9.97 Å². The minimum atomic E-state index is 0.300. The number of pyridine rings is 2. The van der Waals surface area contributed by atoms with E-state index in [-0.39, 0.29) is 0 Å². The molecule has 0 saturated heterocycles. The van der Waals surface area contributed by atoms with Crippen LogP contribution >= 0.6 is 0 Å². The zero-order valence-corrected chi connectivity index (χ0v) is 25.3. The molecule has 9 rings (SSSR count). The normalized spacial score (nSPS) is 15.3. The van der Waals surface area contributed by atoms with Gasteiger partial charge in [-0.2, -0.15) is 0 Å². The minimum Gasteiger partial charge on any atom is -0.257 e. The highest BCUT2D eigenvalue weighted by Gasteiger charge is 2.33. The van der Waals surface area contributed by atoms with Crippen molar-refractivity contribution in [1.82, 2.24) is 9.97 Å². The molecule has 0 N–H and O–H groups in total. The van der Waals surface area contributed by atoms with Crippen LogP contribution in [0, 0.1) is 6.92 Å². The molecule has 7 aromatic rings. The number of benzene rings is 5. The van der Waals surface area contributed by atoms with Gasteiger partial charge in [-0.25, -0.2) is 0 Å². The highest BCUT2D eigenvalue weighted by molar-refractivity contribution is 6.24. The lowest BCUT2D eigenvalue weighted by Gasteiger charge is -2.27. The maximum atomic E-state index is 4.75. The maximum Gasteiger partial charge on any atom is 0.0702 e. The van der Waals surface area contributed by atoms with Crippen LogP contribution in [-0.2, 0) is 0 Å². The molecule has 2 nitrogen and oxygen atoms in total. The van der Waals surface area contributed by atoms with Gasteiger partial charge in [0.05, 0.1) is 11.4 Å². The third kappa shape index (κ3) is 4.09. The van der Waals surface area contributed by atoms with Gasteiger partial charge in [-0.1, -0.05) is 91.0 Å². The van der Waals surface area contributed by atoms with Crippen LogP contribution in [0.25, 0.3) is 71.8 Å². The quantitative estimate of drug-likeness (QED) is 0.208. The summed E-state index contributed by atoms with van der Waals surface area (Å²) >= 11 is 0. The summed E-state index contributed by atoms with van der Waals surface area (Å²) in [6.07, 6.45) is 9.68. The van der Waals surface area contributed by atoms with Gasteiger partial charge in [0.1, 0.15) is 0 Å². The van der Waals surface area contributed by atoms with Crippen molar-refractivity contribution in [3.63, 3.8) is 0 Å². The smallest absolute Gasteiger partial charge is 0.0702 e. The first-order valence-electron chi connectivity index (χ1n) is 16.0. The predicted molar refractivity (Wildman–Crippen MR) is 188 cm³/mol. The minimum absolute atomic E-state index is 0.300. The van der Waals surface area contributed by atoms with Crippen LogP contribution < -0.4 is 0 Å². The van der Waals surface area contributed by atoms with Gasteiger partial charge in [-0.05, 0) is 128 Å². The van der Waals surface area contributed by atoms with Crippen LogP contribution in [0.4, 0.5) is 0 Å². The molecule has 2 heteroatoms. The van der Waals surface area contributed by atoms with Crippen molar-refractivity contribution < 1.29 is 0 Å². The summed E-state index contributed by atoms with van der Waals surface area (Å²) in [6, 6.07) is 42.1. The Bertz CT molecular complexity index is 2300. The van der Waals surface area contributed by atoms with E-state index in [0.717, 1.165) is 36.2 Å². The molecule has 0 spiro atoms. The summed E-state index contributed by atoms with van der Waals surface area (Å²) in [5.41, 5.74) is 15.4. The lowest BCUT2D eigenvalue weighted by Crippen LogP contribution is -2.07. The van der Waals surface area contributed by atoms with Gasteiger partial charge in [0.25, 0.3) is 0 Å².